The van der Waals surface area contributed by atoms with Gasteiger partial charge in [0.05, 0.1) is 0 Å². The second-order valence-electron chi connectivity index (χ2n) is 7.00. The predicted octanol–water partition coefficient (Wildman–Crippen LogP) is 3.95. The number of ether oxygens (including phenoxy) is 1. The molecular formula is C22H27FN2O2. The first-order valence-corrected chi connectivity index (χ1v) is 9.51. The van der Waals surface area contributed by atoms with Crippen LogP contribution in [0.3, 0.4) is 0 Å². The monoisotopic (exact) mass is 370 g/mol. The Bertz CT molecular complexity index is 783. The fourth-order valence-electron chi connectivity index (χ4n) is 3.35. The Kier molecular flexibility index (Phi) is 5.99. The standard InChI is InChI=1S/C22H27FN2O2/c1-4-20(27-21-7-5-6-16(2)17(21)3)22(26)25-14-12-24(13-15-25)19-10-8-18(23)9-11-19/h5-11,20H,4,12-15H2,1-3H3/t20-/m0/s1. The lowest BCUT2D eigenvalue weighted by Crippen LogP contribution is -2.52. The van der Waals surface area contributed by atoms with Gasteiger partial charge < -0.3 is 14.5 Å². The van der Waals surface area contributed by atoms with Crippen LogP contribution < -0.4 is 9.64 Å². The highest BCUT2D eigenvalue weighted by molar-refractivity contribution is 5.81. The fourth-order valence-corrected chi connectivity index (χ4v) is 3.35. The topological polar surface area (TPSA) is 32.8 Å². The molecule has 0 N–H and O–H groups in total. The molecule has 144 valence electrons. The molecule has 1 atom stereocenters. The first-order valence-electron chi connectivity index (χ1n) is 9.51. The van der Waals surface area contributed by atoms with Gasteiger partial charge in [-0.1, -0.05) is 19.1 Å². The van der Waals surface area contributed by atoms with E-state index in [1.807, 2.05) is 43.9 Å². The third-order valence-corrected chi connectivity index (χ3v) is 5.25. The number of benzene rings is 2. The summed E-state index contributed by atoms with van der Waals surface area (Å²) in [5, 5.41) is 0. The summed E-state index contributed by atoms with van der Waals surface area (Å²) >= 11 is 0. The highest BCUT2D eigenvalue weighted by Crippen LogP contribution is 2.24. The minimum atomic E-state index is -0.470. The number of carbonyl (C=O) groups is 1. The van der Waals surface area contributed by atoms with Crippen molar-refractivity contribution in [2.75, 3.05) is 31.1 Å². The van der Waals surface area contributed by atoms with Crippen molar-refractivity contribution in [3.8, 4) is 5.75 Å². The Morgan fingerprint density at radius 1 is 1.07 bits per heavy atom. The summed E-state index contributed by atoms with van der Waals surface area (Å²) in [5.74, 6) is 0.583. The summed E-state index contributed by atoms with van der Waals surface area (Å²) in [4.78, 5) is 17.0. The molecule has 1 heterocycles. The summed E-state index contributed by atoms with van der Waals surface area (Å²) in [7, 11) is 0. The van der Waals surface area contributed by atoms with Crippen LogP contribution in [-0.2, 0) is 4.79 Å². The van der Waals surface area contributed by atoms with E-state index in [0.717, 1.165) is 35.7 Å². The van der Waals surface area contributed by atoms with Crippen molar-refractivity contribution in [2.24, 2.45) is 0 Å². The molecule has 1 aliphatic rings. The Labute approximate surface area is 160 Å². The quantitative estimate of drug-likeness (QED) is 0.799. The molecule has 1 aliphatic heterocycles. The highest BCUT2D eigenvalue weighted by Gasteiger charge is 2.28. The molecule has 4 nitrogen and oxygen atoms in total. The summed E-state index contributed by atoms with van der Waals surface area (Å²) in [6.07, 6.45) is 0.160. The molecule has 0 unspecified atom stereocenters. The average Bonchev–Trinajstić information content (AvgIpc) is 2.69. The van der Waals surface area contributed by atoms with Gasteiger partial charge in [0.2, 0.25) is 0 Å². The number of piperazine rings is 1. The largest absolute Gasteiger partial charge is 0.480 e. The highest BCUT2D eigenvalue weighted by atomic mass is 19.1. The van der Waals surface area contributed by atoms with Crippen LogP contribution >= 0.6 is 0 Å². The lowest BCUT2D eigenvalue weighted by molar-refractivity contribution is -0.139. The van der Waals surface area contributed by atoms with Gasteiger partial charge in [-0.15, -0.1) is 0 Å². The van der Waals surface area contributed by atoms with Gasteiger partial charge >= 0.3 is 0 Å². The fraction of sp³-hybridized carbons (Fsp3) is 0.409. The van der Waals surface area contributed by atoms with Crippen molar-refractivity contribution in [3.63, 3.8) is 0 Å². The van der Waals surface area contributed by atoms with Crippen molar-refractivity contribution in [1.82, 2.24) is 4.90 Å². The van der Waals surface area contributed by atoms with Gasteiger partial charge in [0.15, 0.2) is 6.10 Å². The first kappa shape index (κ1) is 19.2. The zero-order valence-corrected chi connectivity index (χ0v) is 16.2. The van der Waals surface area contributed by atoms with Crippen LogP contribution in [0, 0.1) is 19.7 Å². The normalized spacial score (nSPS) is 15.6. The molecule has 1 amide bonds. The van der Waals surface area contributed by atoms with Gasteiger partial charge in [-0.05, 0) is 61.7 Å². The van der Waals surface area contributed by atoms with E-state index >= 15 is 0 Å². The second kappa shape index (κ2) is 8.42. The van der Waals surface area contributed by atoms with Gasteiger partial charge in [0.1, 0.15) is 11.6 Å². The molecule has 2 aromatic carbocycles. The third kappa shape index (κ3) is 4.41. The van der Waals surface area contributed by atoms with E-state index in [0.29, 0.717) is 19.5 Å². The van der Waals surface area contributed by atoms with Crippen LogP contribution in [0.2, 0.25) is 0 Å². The molecule has 27 heavy (non-hydrogen) atoms. The molecule has 1 fully saturated rings. The maximum Gasteiger partial charge on any atom is 0.263 e. The number of carbonyl (C=O) groups excluding carboxylic acids is 1. The maximum atomic E-state index is 13.1. The third-order valence-electron chi connectivity index (χ3n) is 5.25. The Morgan fingerprint density at radius 2 is 1.74 bits per heavy atom. The van der Waals surface area contributed by atoms with E-state index in [4.69, 9.17) is 4.74 Å². The van der Waals surface area contributed by atoms with E-state index in [1.54, 1.807) is 12.1 Å². The lowest BCUT2D eigenvalue weighted by Gasteiger charge is -2.37. The Morgan fingerprint density at radius 3 is 2.37 bits per heavy atom. The molecular weight excluding hydrogens is 343 g/mol. The Hall–Kier alpha value is -2.56. The number of aryl methyl sites for hydroxylation is 1. The molecule has 0 aromatic heterocycles. The number of amides is 1. The average molecular weight is 370 g/mol. The van der Waals surface area contributed by atoms with Gasteiger partial charge in [-0.3, -0.25) is 4.79 Å². The molecule has 0 spiro atoms. The van der Waals surface area contributed by atoms with Crippen LogP contribution in [0.5, 0.6) is 5.75 Å². The molecule has 1 saturated heterocycles. The number of halogens is 1. The van der Waals surface area contributed by atoms with Crippen molar-refractivity contribution < 1.29 is 13.9 Å². The van der Waals surface area contributed by atoms with Gasteiger partial charge in [0, 0.05) is 31.9 Å². The second-order valence-corrected chi connectivity index (χ2v) is 7.00. The lowest BCUT2D eigenvalue weighted by atomic mass is 10.1. The van der Waals surface area contributed by atoms with Crippen LogP contribution in [0.4, 0.5) is 10.1 Å². The summed E-state index contributed by atoms with van der Waals surface area (Å²) in [6, 6.07) is 12.4. The van der Waals surface area contributed by atoms with Crippen LogP contribution in [0.25, 0.3) is 0 Å². The smallest absolute Gasteiger partial charge is 0.263 e. The SMILES string of the molecule is CC[C@H](Oc1cccc(C)c1C)C(=O)N1CCN(c2ccc(F)cc2)CC1. The van der Waals surface area contributed by atoms with Crippen molar-refractivity contribution in [1.29, 1.82) is 0 Å². The molecule has 0 aliphatic carbocycles. The number of hydrogen-bond donors (Lipinski definition) is 0. The van der Waals surface area contributed by atoms with E-state index < -0.39 is 6.10 Å². The molecule has 2 aromatic rings. The minimum Gasteiger partial charge on any atom is -0.480 e. The summed E-state index contributed by atoms with van der Waals surface area (Å²) in [6.45, 7) is 8.78. The molecule has 3 rings (SSSR count). The zero-order valence-electron chi connectivity index (χ0n) is 16.2. The Balaban J connectivity index is 1.61. The molecule has 0 radical (unpaired) electrons. The molecule has 0 bridgehead atoms. The first-order chi connectivity index (χ1) is 13.0. The van der Waals surface area contributed by atoms with Crippen molar-refractivity contribution in [2.45, 2.75) is 33.3 Å². The van der Waals surface area contributed by atoms with E-state index in [1.165, 1.54) is 12.1 Å². The summed E-state index contributed by atoms with van der Waals surface area (Å²) in [5.41, 5.74) is 3.22. The predicted molar refractivity (Wildman–Crippen MR) is 106 cm³/mol. The van der Waals surface area contributed by atoms with Gasteiger partial charge in [-0.25, -0.2) is 4.39 Å². The van der Waals surface area contributed by atoms with Crippen LogP contribution in [0.1, 0.15) is 24.5 Å². The maximum absolute atomic E-state index is 13.1. The van der Waals surface area contributed by atoms with Crippen LogP contribution in [0.15, 0.2) is 42.5 Å². The minimum absolute atomic E-state index is 0.0390. The van der Waals surface area contributed by atoms with Gasteiger partial charge in [0.25, 0.3) is 5.91 Å². The zero-order chi connectivity index (χ0) is 19.4. The van der Waals surface area contributed by atoms with E-state index in [-0.39, 0.29) is 11.7 Å². The van der Waals surface area contributed by atoms with Crippen molar-refractivity contribution in [3.05, 3.63) is 59.4 Å². The molecule has 5 heteroatoms. The van der Waals surface area contributed by atoms with Crippen LogP contribution in [-0.4, -0.2) is 43.1 Å². The number of rotatable bonds is 5. The summed E-state index contributed by atoms with van der Waals surface area (Å²) < 4.78 is 19.2. The number of anilines is 1. The van der Waals surface area contributed by atoms with E-state index in [2.05, 4.69) is 4.90 Å². The molecule has 0 saturated carbocycles. The van der Waals surface area contributed by atoms with Crippen molar-refractivity contribution >= 4 is 11.6 Å². The number of hydrogen-bond acceptors (Lipinski definition) is 3. The number of nitrogens with zero attached hydrogens (tertiary/aromatic N) is 2. The van der Waals surface area contributed by atoms with E-state index in [9.17, 15) is 9.18 Å². The van der Waals surface area contributed by atoms with Gasteiger partial charge in [-0.2, -0.15) is 0 Å².